The Morgan fingerprint density at radius 3 is 2.32 bits per heavy atom. The first-order chi connectivity index (χ1) is 19.4. The third-order valence-electron chi connectivity index (χ3n) is 6.20. The van der Waals surface area contributed by atoms with Crippen LogP contribution in [0.15, 0.2) is 18.2 Å². The molecule has 4 N–H and O–H groups in total. The van der Waals surface area contributed by atoms with Crippen LogP contribution in [0.4, 0.5) is 13.6 Å². The van der Waals surface area contributed by atoms with E-state index in [2.05, 4.69) is 15.2 Å². The number of imidazole rings is 1. The Labute approximate surface area is 243 Å². The molecule has 4 rings (SSSR count). The molecule has 3 heterocycles. The van der Waals surface area contributed by atoms with Gasteiger partial charge in [-0.2, -0.15) is 0 Å². The monoisotopic (exact) mass is 582 g/mol. The lowest BCUT2D eigenvalue weighted by atomic mass is 9.92. The van der Waals surface area contributed by atoms with Gasteiger partial charge in [0, 0.05) is 38.8 Å². The second kappa shape index (κ2) is 17.0. The highest BCUT2D eigenvalue weighted by Gasteiger charge is 2.40. The summed E-state index contributed by atoms with van der Waals surface area (Å²) >= 11 is 0. The Balaban J connectivity index is 0.000000950. The highest BCUT2D eigenvalue weighted by atomic mass is 19.1. The second-order valence-corrected chi connectivity index (χ2v) is 9.65. The molecule has 41 heavy (non-hydrogen) atoms. The number of rotatable bonds is 4. The van der Waals surface area contributed by atoms with Gasteiger partial charge in [0.05, 0.1) is 31.1 Å². The standard InChI is InChI=1S/C21H27F2N7O3.C3H9N.2C2H6/c1-28-17-9-30(8-16(17)26-20(28)19(24)29(2)25)12-7-15(27-21(31)32-3)18(33-10-12)13-6-11(22)4-5-14(13)23;1-4(2)3;2*1-2/h4-6,12,15,18,24H,7-10,25H2,1-3H3,(H,27,31);1-3H3;2*1-2H3/t12?,15?,18-;;;/m1.../s1. The maximum absolute atomic E-state index is 14.4. The number of amides is 1. The first kappa shape index (κ1) is 35.9. The van der Waals surface area contributed by atoms with Crippen molar-refractivity contribution in [1.82, 2.24) is 29.7 Å². The molecule has 232 valence electrons. The lowest BCUT2D eigenvalue weighted by molar-refractivity contribution is -0.0607. The van der Waals surface area contributed by atoms with Crippen molar-refractivity contribution in [1.29, 1.82) is 5.41 Å². The van der Waals surface area contributed by atoms with E-state index < -0.39 is 29.9 Å². The molecule has 11 nitrogen and oxygen atoms in total. The van der Waals surface area contributed by atoms with E-state index >= 15 is 0 Å². The maximum Gasteiger partial charge on any atom is 0.407 e. The van der Waals surface area contributed by atoms with Gasteiger partial charge in [-0.05, 0) is 45.8 Å². The van der Waals surface area contributed by atoms with E-state index in [9.17, 15) is 13.6 Å². The maximum atomic E-state index is 14.4. The summed E-state index contributed by atoms with van der Waals surface area (Å²) < 4.78 is 40.8. The number of nitrogens with one attached hydrogen (secondary N) is 2. The zero-order valence-corrected chi connectivity index (χ0v) is 26.1. The molecule has 0 bridgehead atoms. The first-order valence-electron chi connectivity index (χ1n) is 13.8. The topological polar surface area (TPSA) is 125 Å². The zero-order chi connectivity index (χ0) is 31.4. The number of hydrogen-bond acceptors (Lipinski definition) is 8. The van der Waals surface area contributed by atoms with Crippen molar-refractivity contribution in [3.05, 3.63) is 52.6 Å². The number of aromatic nitrogens is 2. The average molecular weight is 583 g/mol. The quantitative estimate of drug-likeness (QED) is 0.216. The number of hydrazine groups is 1. The molecule has 0 spiro atoms. The van der Waals surface area contributed by atoms with Gasteiger partial charge in [-0.15, -0.1) is 0 Å². The van der Waals surface area contributed by atoms with Gasteiger partial charge in [-0.3, -0.25) is 15.3 Å². The molecule has 0 aliphatic carbocycles. The molecule has 1 amide bonds. The molecule has 0 radical (unpaired) electrons. The molecular formula is C28H48F2N8O3. The fourth-order valence-electron chi connectivity index (χ4n) is 4.44. The van der Waals surface area contributed by atoms with Crippen LogP contribution in [0, 0.1) is 17.0 Å². The van der Waals surface area contributed by atoms with Crippen LogP contribution in [0.2, 0.25) is 0 Å². The summed E-state index contributed by atoms with van der Waals surface area (Å²) in [6.07, 6.45) is -1.09. The lowest BCUT2D eigenvalue weighted by Crippen LogP contribution is -2.51. The number of amidine groups is 1. The molecule has 2 aromatic rings. The van der Waals surface area contributed by atoms with Crippen LogP contribution in [0.25, 0.3) is 0 Å². The van der Waals surface area contributed by atoms with Gasteiger partial charge >= 0.3 is 6.09 Å². The highest BCUT2D eigenvalue weighted by Crippen LogP contribution is 2.35. The Morgan fingerprint density at radius 1 is 1.17 bits per heavy atom. The van der Waals surface area contributed by atoms with Crippen molar-refractivity contribution in [2.75, 3.05) is 41.9 Å². The third-order valence-corrected chi connectivity index (χ3v) is 6.20. The molecule has 13 heteroatoms. The van der Waals surface area contributed by atoms with Crippen LogP contribution in [0.1, 0.15) is 63.0 Å². The first-order valence-corrected chi connectivity index (χ1v) is 13.8. The van der Waals surface area contributed by atoms with Crippen LogP contribution in [-0.2, 0) is 29.6 Å². The number of benzene rings is 1. The Kier molecular flexibility index (Phi) is 14.9. The van der Waals surface area contributed by atoms with Crippen LogP contribution >= 0.6 is 0 Å². The Morgan fingerprint density at radius 2 is 1.78 bits per heavy atom. The zero-order valence-electron chi connectivity index (χ0n) is 26.1. The largest absolute Gasteiger partial charge is 0.453 e. The summed E-state index contributed by atoms with van der Waals surface area (Å²) in [7, 11) is 10.7. The van der Waals surface area contributed by atoms with Gasteiger partial charge in [0.1, 0.15) is 17.7 Å². The number of nitrogens with zero attached hydrogens (tertiary/aromatic N) is 5. The number of carbonyl (C=O) groups excluding carboxylic acids is 1. The van der Waals surface area contributed by atoms with E-state index in [0.717, 1.165) is 29.6 Å². The van der Waals surface area contributed by atoms with Crippen molar-refractivity contribution < 1.29 is 23.0 Å². The minimum absolute atomic E-state index is 0.0512. The van der Waals surface area contributed by atoms with Crippen molar-refractivity contribution >= 4 is 11.9 Å². The summed E-state index contributed by atoms with van der Waals surface area (Å²) in [5.41, 5.74) is 1.86. The minimum atomic E-state index is -0.855. The van der Waals surface area contributed by atoms with E-state index in [-0.39, 0.29) is 24.0 Å². The number of alkyl carbamates (subject to hydrolysis) is 1. The van der Waals surface area contributed by atoms with Crippen molar-refractivity contribution in [2.24, 2.45) is 12.9 Å². The number of fused-ring (bicyclic) bond motifs is 1. The van der Waals surface area contributed by atoms with Crippen molar-refractivity contribution in [3.63, 3.8) is 0 Å². The SMILES string of the molecule is CC.CC.CN(C)C.COC(=O)NC1CC(N2Cc3nc(C(=N)N(C)N)n(C)c3C2)CO[C@@H]1c1cc(F)ccc1F. The van der Waals surface area contributed by atoms with Crippen LogP contribution < -0.4 is 11.2 Å². The molecule has 2 unspecified atom stereocenters. The summed E-state index contributed by atoms with van der Waals surface area (Å²) in [6, 6.07) is 2.45. The van der Waals surface area contributed by atoms with Gasteiger partial charge in [0.25, 0.3) is 0 Å². The molecule has 1 aromatic carbocycles. The average Bonchev–Trinajstić information content (AvgIpc) is 3.50. The van der Waals surface area contributed by atoms with E-state index in [1.54, 1.807) is 7.05 Å². The predicted octanol–water partition coefficient (Wildman–Crippen LogP) is 3.63. The fourth-order valence-corrected chi connectivity index (χ4v) is 4.44. The van der Waals surface area contributed by atoms with E-state index in [0.29, 0.717) is 25.3 Å². The smallest absolute Gasteiger partial charge is 0.407 e. The molecule has 3 atom stereocenters. The molecule has 2 aliphatic rings. The second-order valence-electron chi connectivity index (χ2n) is 9.65. The number of carbonyl (C=O) groups is 1. The lowest BCUT2D eigenvalue weighted by Gasteiger charge is -2.40. The van der Waals surface area contributed by atoms with E-state index in [1.165, 1.54) is 12.1 Å². The number of halogens is 2. The van der Waals surface area contributed by atoms with Gasteiger partial charge in [-0.1, -0.05) is 27.7 Å². The summed E-state index contributed by atoms with van der Waals surface area (Å²) in [5, 5.41) is 12.0. The predicted molar refractivity (Wildman–Crippen MR) is 156 cm³/mol. The van der Waals surface area contributed by atoms with Crippen molar-refractivity contribution in [3.8, 4) is 0 Å². The van der Waals surface area contributed by atoms with Gasteiger partial charge in [-0.25, -0.2) is 24.4 Å². The summed E-state index contributed by atoms with van der Waals surface area (Å²) in [5.74, 6) is 5.09. The van der Waals surface area contributed by atoms with Gasteiger partial charge in [0.15, 0.2) is 11.7 Å². The third kappa shape index (κ3) is 9.45. The minimum Gasteiger partial charge on any atom is -0.453 e. The number of hydrogen-bond donors (Lipinski definition) is 3. The summed E-state index contributed by atoms with van der Waals surface area (Å²) in [6.45, 7) is 9.36. The normalized spacial score (nSPS) is 19.4. The molecular weight excluding hydrogens is 534 g/mol. The van der Waals surface area contributed by atoms with E-state index in [1.807, 2.05) is 65.4 Å². The van der Waals surface area contributed by atoms with Crippen LogP contribution in [-0.4, -0.2) is 90.3 Å². The van der Waals surface area contributed by atoms with Crippen LogP contribution in [0.5, 0.6) is 0 Å². The van der Waals surface area contributed by atoms with Crippen molar-refractivity contribution in [2.45, 2.75) is 65.4 Å². The molecule has 1 aromatic heterocycles. The fraction of sp³-hybridized carbons (Fsp3) is 0.607. The molecule has 1 saturated heterocycles. The van der Waals surface area contributed by atoms with Crippen LogP contribution in [0.3, 0.4) is 0 Å². The summed E-state index contributed by atoms with van der Waals surface area (Å²) in [4.78, 5) is 20.7. The highest BCUT2D eigenvalue weighted by molar-refractivity contribution is 5.92. The van der Waals surface area contributed by atoms with Gasteiger partial charge in [0.2, 0.25) is 0 Å². The Bertz CT molecular complexity index is 1120. The van der Waals surface area contributed by atoms with Gasteiger partial charge < -0.3 is 24.3 Å². The molecule has 0 saturated carbocycles. The molecule has 1 fully saturated rings. The Hall–Kier alpha value is -3.13. The number of ether oxygens (including phenoxy) is 2. The molecule has 2 aliphatic heterocycles. The van der Waals surface area contributed by atoms with E-state index in [4.69, 9.17) is 20.7 Å². The number of methoxy groups -OCH3 is 1. The number of nitrogens with two attached hydrogens (primary N) is 1.